The fraction of sp³-hybridized carbons (Fsp3) is 0.0588. The van der Waals surface area contributed by atoms with Gasteiger partial charge in [0.15, 0.2) is 0 Å². The van der Waals surface area contributed by atoms with Crippen LogP contribution in [0.25, 0.3) is 22.0 Å². The molecule has 2 aromatic carbocycles. The molecule has 0 spiro atoms. The van der Waals surface area contributed by atoms with E-state index in [4.69, 9.17) is 5.11 Å². The van der Waals surface area contributed by atoms with Gasteiger partial charge in [0.25, 0.3) is 0 Å². The first-order valence-electron chi connectivity index (χ1n) is 6.98. The fourth-order valence-corrected chi connectivity index (χ4v) is 2.51. The molecule has 0 fully saturated rings. The lowest BCUT2D eigenvalue weighted by Crippen LogP contribution is -2.09. The van der Waals surface area contributed by atoms with Crippen LogP contribution in [0, 0.1) is 17.5 Å². The first-order valence-corrected chi connectivity index (χ1v) is 6.98. The summed E-state index contributed by atoms with van der Waals surface area (Å²) in [6.07, 6.45) is -4.92. The molecule has 134 valence electrons. The quantitative estimate of drug-likeness (QED) is 0.643. The number of hydrogen-bond acceptors (Lipinski definition) is 2. The van der Waals surface area contributed by atoms with Gasteiger partial charge in [0.1, 0.15) is 23.1 Å². The lowest BCUT2D eigenvalue weighted by atomic mass is 9.97. The third-order valence-corrected chi connectivity index (χ3v) is 3.62. The van der Waals surface area contributed by atoms with Crippen LogP contribution in [0.2, 0.25) is 0 Å². The molecule has 0 aliphatic rings. The van der Waals surface area contributed by atoms with Crippen LogP contribution in [-0.2, 0) is 6.18 Å². The van der Waals surface area contributed by atoms with Crippen molar-refractivity contribution in [1.82, 2.24) is 4.98 Å². The number of fused-ring (bicyclic) bond motifs is 1. The third-order valence-electron chi connectivity index (χ3n) is 3.62. The van der Waals surface area contributed by atoms with Crippen molar-refractivity contribution in [3.8, 4) is 11.1 Å². The molecule has 3 nitrogen and oxygen atoms in total. The van der Waals surface area contributed by atoms with E-state index in [1.54, 1.807) is 0 Å². The average Bonchev–Trinajstić information content (AvgIpc) is 2.52. The van der Waals surface area contributed by atoms with Gasteiger partial charge in [0.2, 0.25) is 0 Å². The molecule has 0 saturated heterocycles. The summed E-state index contributed by atoms with van der Waals surface area (Å²) < 4.78 is 80.6. The SMILES string of the molecule is O=C(O)c1ccc2nc(C(F)(F)F)cc(-c3c(F)cc(F)cc3F)c2c1. The van der Waals surface area contributed by atoms with E-state index in [2.05, 4.69) is 4.98 Å². The molecule has 1 heterocycles. The summed E-state index contributed by atoms with van der Waals surface area (Å²) >= 11 is 0. The summed E-state index contributed by atoms with van der Waals surface area (Å²) in [6, 6.07) is 3.99. The largest absolute Gasteiger partial charge is 0.478 e. The summed E-state index contributed by atoms with van der Waals surface area (Å²) in [7, 11) is 0. The standard InChI is InChI=1S/C17H7F6NO2/c18-8-4-11(19)15(12(20)5-8)10-6-14(17(21,22)23)24-13-2-1-7(16(25)26)3-9(10)13/h1-6H,(H,25,26). The summed E-state index contributed by atoms with van der Waals surface area (Å²) in [4.78, 5) is 14.5. The van der Waals surface area contributed by atoms with Crippen LogP contribution in [0.3, 0.4) is 0 Å². The summed E-state index contributed by atoms with van der Waals surface area (Å²) in [6.45, 7) is 0. The van der Waals surface area contributed by atoms with E-state index >= 15 is 0 Å². The van der Waals surface area contributed by atoms with Gasteiger partial charge < -0.3 is 5.11 Å². The summed E-state index contributed by atoms with van der Waals surface area (Å²) in [5, 5.41) is 8.82. The molecule has 0 unspecified atom stereocenters. The van der Waals surface area contributed by atoms with Crippen molar-refractivity contribution >= 4 is 16.9 Å². The number of pyridine rings is 1. The monoisotopic (exact) mass is 371 g/mol. The number of carboxylic acids is 1. The fourth-order valence-electron chi connectivity index (χ4n) is 2.51. The second kappa shape index (κ2) is 6.01. The number of carbonyl (C=O) groups is 1. The Bertz CT molecular complexity index is 1020. The van der Waals surface area contributed by atoms with Crippen molar-refractivity contribution in [2.45, 2.75) is 6.18 Å². The van der Waals surface area contributed by atoms with Gasteiger partial charge >= 0.3 is 12.1 Å². The highest BCUT2D eigenvalue weighted by atomic mass is 19.4. The maximum absolute atomic E-state index is 14.1. The van der Waals surface area contributed by atoms with Gasteiger partial charge in [-0.2, -0.15) is 13.2 Å². The Labute approximate surface area is 141 Å². The van der Waals surface area contributed by atoms with Gasteiger partial charge in [-0.25, -0.2) is 22.9 Å². The van der Waals surface area contributed by atoms with E-state index in [1.165, 1.54) is 0 Å². The highest BCUT2D eigenvalue weighted by Crippen LogP contribution is 2.37. The molecule has 0 saturated carbocycles. The molecule has 0 atom stereocenters. The molecule has 0 aliphatic carbocycles. The molecule has 0 aliphatic heterocycles. The van der Waals surface area contributed by atoms with Crippen LogP contribution < -0.4 is 0 Å². The van der Waals surface area contributed by atoms with E-state index in [9.17, 15) is 31.1 Å². The second-order valence-corrected chi connectivity index (χ2v) is 5.33. The topological polar surface area (TPSA) is 50.2 Å². The van der Waals surface area contributed by atoms with Gasteiger partial charge in [-0.05, 0) is 29.8 Å². The zero-order valence-corrected chi connectivity index (χ0v) is 12.5. The van der Waals surface area contributed by atoms with Crippen molar-refractivity contribution < 1.29 is 36.2 Å². The Kier molecular flexibility index (Phi) is 4.09. The number of hydrogen-bond donors (Lipinski definition) is 1. The van der Waals surface area contributed by atoms with E-state index < -0.39 is 46.4 Å². The van der Waals surface area contributed by atoms with Crippen LogP contribution >= 0.6 is 0 Å². The maximum atomic E-state index is 14.1. The van der Waals surface area contributed by atoms with Gasteiger partial charge in [0, 0.05) is 17.5 Å². The normalized spacial score (nSPS) is 11.8. The van der Waals surface area contributed by atoms with Gasteiger partial charge in [-0.3, -0.25) is 0 Å². The van der Waals surface area contributed by atoms with Crippen molar-refractivity contribution in [3.05, 3.63) is 65.1 Å². The van der Waals surface area contributed by atoms with Crippen molar-refractivity contribution in [2.24, 2.45) is 0 Å². The number of aromatic nitrogens is 1. The van der Waals surface area contributed by atoms with Crippen molar-refractivity contribution in [1.29, 1.82) is 0 Å². The average molecular weight is 371 g/mol. The van der Waals surface area contributed by atoms with E-state index in [0.717, 1.165) is 18.2 Å². The maximum Gasteiger partial charge on any atom is 0.433 e. The number of alkyl halides is 3. The lowest BCUT2D eigenvalue weighted by Gasteiger charge is -2.14. The lowest BCUT2D eigenvalue weighted by molar-refractivity contribution is -0.140. The molecule has 0 radical (unpaired) electrons. The van der Waals surface area contributed by atoms with Gasteiger partial charge in [0.05, 0.1) is 16.6 Å². The molecular weight excluding hydrogens is 364 g/mol. The van der Waals surface area contributed by atoms with Crippen LogP contribution in [0.4, 0.5) is 26.3 Å². The Hall–Kier alpha value is -3.10. The highest BCUT2D eigenvalue weighted by molar-refractivity contribution is 6.00. The predicted molar refractivity (Wildman–Crippen MR) is 79.0 cm³/mol. The summed E-state index contributed by atoms with van der Waals surface area (Å²) in [5.41, 5.74) is -3.55. The van der Waals surface area contributed by atoms with Crippen LogP contribution in [0.15, 0.2) is 36.4 Å². The number of benzene rings is 2. The molecule has 1 N–H and O–H groups in total. The Morgan fingerprint density at radius 3 is 2.12 bits per heavy atom. The van der Waals surface area contributed by atoms with E-state index in [1.807, 2.05) is 0 Å². The van der Waals surface area contributed by atoms with Crippen LogP contribution in [0.5, 0.6) is 0 Å². The minimum atomic E-state index is -4.92. The molecule has 9 heteroatoms. The molecule has 1 aromatic heterocycles. The number of carboxylic acid groups (broad SMARTS) is 1. The van der Waals surface area contributed by atoms with E-state index in [-0.39, 0.29) is 16.5 Å². The molecule has 3 rings (SSSR count). The highest BCUT2D eigenvalue weighted by Gasteiger charge is 2.34. The predicted octanol–water partition coefficient (Wildman–Crippen LogP) is 5.04. The number of rotatable bonds is 2. The molecule has 0 amide bonds. The minimum absolute atomic E-state index is 0.220. The Morgan fingerprint density at radius 2 is 1.58 bits per heavy atom. The molecule has 0 bridgehead atoms. The van der Waals surface area contributed by atoms with Crippen LogP contribution in [-0.4, -0.2) is 16.1 Å². The first-order chi connectivity index (χ1) is 12.1. The van der Waals surface area contributed by atoms with Crippen molar-refractivity contribution in [3.63, 3.8) is 0 Å². The number of halogens is 6. The number of aromatic carboxylic acids is 1. The Morgan fingerprint density at radius 1 is 0.962 bits per heavy atom. The third kappa shape index (κ3) is 3.07. The molecule has 26 heavy (non-hydrogen) atoms. The second-order valence-electron chi connectivity index (χ2n) is 5.33. The Balaban J connectivity index is 2.45. The first kappa shape index (κ1) is 17.7. The van der Waals surface area contributed by atoms with E-state index in [0.29, 0.717) is 18.2 Å². The minimum Gasteiger partial charge on any atom is -0.478 e. The number of nitrogens with zero attached hydrogens (tertiary/aromatic N) is 1. The zero-order valence-electron chi connectivity index (χ0n) is 12.5. The smallest absolute Gasteiger partial charge is 0.433 e. The molecular formula is C17H7F6NO2. The molecule has 3 aromatic rings. The van der Waals surface area contributed by atoms with Gasteiger partial charge in [-0.1, -0.05) is 0 Å². The zero-order chi connectivity index (χ0) is 19.2. The van der Waals surface area contributed by atoms with Gasteiger partial charge in [-0.15, -0.1) is 0 Å². The van der Waals surface area contributed by atoms with Crippen LogP contribution in [0.1, 0.15) is 16.1 Å². The van der Waals surface area contributed by atoms with Crippen molar-refractivity contribution in [2.75, 3.05) is 0 Å². The summed E-state index contributed by atoms with van der Waals surface area (Å²) in [5.74, 6) is -5.49.